The lowest BCUT2D eigenvalue weighted by molar-refractivity contribution is -0.151. The van der Waals surface area contributed by atoms with Crippen LogP contribution < -0.4 is 4.74 Å². The minimum Gasteiger partial charge on any atom is -0.486 e. The predicted octanol–water partition coefficient (Wildman–Crippen LogP) is 2.96. The number of nitrogens with zero attached hydrogens (tertiary/aromatic N) is 2. The summed E-state index contributed by atoms with van der Waals surface area (Å²) in [6, 6.07) is 9.95. The number of benzene rings is 2. The first kappa shape index (κ1) is 27.8. The molecule has 10 nitrogen and oxygen atoms in total. The molecule has 4 rings (SSSR count). The van der Waals surface area contributed by atoms with E-state index in [2.05, 4.69) is 0 Å². The Kier molecular flexibility index (Phi) is 8.85. The van der Waals surface area contributed by atoms with Crippen LogP contribution in [0.15, 0.2) is 53.4 Å². The van der Waals surface area contributed by atoms with Gasteiger partial charge in [0.2, 0.25) is 10.0 Å². The van der Waals surface area contributed by atoms with Gasteiger partial charge in [0, 0.05) is 19.7 Å². The van der Waals surface area contributed by atoms with Crippen molar-refractivity contribution in [1.82, 2.24) is 9.21 Å². The van der Waals surface area contributed by atoms with Gasteiger partial charge in [-0.3, -0.25) is 9.69 Å². The monoisotopic (exact) mass is 550 g/mol. The van der Waals surface area contributed by atoms with Gasteiger partial charge in [0.25, 0.3) is 0 Å². The topological polar surface area (TPSA) is 112 Å². The van der Waals surface area contributed by atoms with Gasteiger partial charge in [0.15, 0.2) is 11.6 Å². The lowest BCUT2D eigenvalue weighted by atomic mass is 10.1. The number of fused-ring (bicyclic) bond motifs is 2. The molecule has 0 aromatic heterocycles. The summed E-state index contributed by atoms with van der Waals surface area (Å²) in [6.45, 7) is 1.82. The normalized spacial score (nSPS) is 21.2. The number of methoxy groups -OCH3 is 1. The van der Waals surface area contributed by atoms with Crippen LogP contribution in [0.25, 0.3) is 0 Å². The van der Waals surface area contributed by atoms with Crippen molar-refractivity contribution < 1.29 is 41.3 Å². The Morgan fingerprint density at radius 1 is 1.05 bits per heavy atom. The Hall–Kier alpha value is -3.22. The largest absolute Gasteiger partial charge is 0.486 e. The van der Waals surface area contributed by atoms with Gasteiger partial charge in [0.1, 0.15) is 19.3 Å². The third-order valence-corrected chi connectivity index (χ3v) is 8.45. The number of carbonyl (C=O) groups is 2. The molecular formula is C26H31FN2O8S. The highest BCUT2D eigenvalue weighted by Gasteiger charge is 2.55. The summed E-state index contributed by atoms with van der Waals surface area (Å²) in [5.41, 5.74) is 0.829. The Labute approximate surface area is 221 Å². The number of hydrogen-bond donors (Lipinski definition) is 0. The highest BCUT2D eigenvalue weighted by atomic mass is 32.2. The van der Waals surface area contributed by atoms with Crippen LogP contribution in [0.2, 0.25) is 0 Å². The summed E-state index contributed by atoms with van der Waals surface area (Å²) in [4.78, 5) is 26.9. The maximum absolute atomic E-state index is 14.9. The number of piperazine rings is 1. The first-order valence-electron chi connectivity index (χ1n) is 12.4. The zero-order chi connectivity index (χ0) is 27.3. The first-order valence-corrected chi connectivity index (χ1v) is 13.8. The molecule has 1 unspecified atom stereocenters. The number of sulfonamides is 1. The first-order chi connectivity index (χ1) is 18.3. The lowest BCUT2D eigenvalue weighted by Gasteiger charge is -2.44. The van der Waals surface area contributed by atoms with Gasteiger partial charge in [0.05, 0.1) is 24.2 Å². The van der Waals surface area contributed by atoms with Crippen LogP contribution in [0.1, 0.15) is 25.3 Å². The van der Waals surface area contributed by atoms with Crippen molar-refractivity contribution in [3.63, 3.8) is 0 Å². The quantitative estimate of drug-likeness (QED) is 0.328. The molecule has 2 aliphatic heterocycles. The van der Waals surface area contributed by atoms with E-state index in [1.165, 1.54) is 24.1 Å². The van der Waals surface area contributed by atoms with Crippen LogP contribution in [0.5, 0.6) is 5.75 Å². The molecule has 12 heteroatoms. The van der Waals surface area contributed by atoms with E-state index in [0.717, 1.165) is 15.9 Å². The van der Waals surface area contributed by atoms with E-state index in [1.807, 2.05) is 30.3 Å². The average molecular weight is 551 g/mol. The molecule has 2 saturated heterocycles. The predicted molar refractivity (Wildman–Crippen MR) is 133 cm³/mol. The molecule has 1 amide bonds. The standard InChI is InChI=1S/C26H31FN2O8S/c1-3-35-25(30)24-22-11-9-19(29(22)26(31)36-14-13-34-2)16-28(24)38(32,33)20-10-12-23(21(27)15-20)37-17-18-7-5-4-6-8-18/h4-8,10,12,15,19,22,24H,3,9,11,13-14,16-17H2,1-2H3/t19-,22?,24+/m1/s1. The number of halogens is 1. The van der Waals surface area contributed by atoms with Crippen molar-refractivity contribution in [2.24, 2.45) is 0 Å². The Morgan fingerprint density at radius 3 is 2.50 bits per heavy atom. The highest BCUT2D eigenvalue weighted by molar-refractivity contribution is 7.89. The van der Waals surface area contributed by atoms with E-state index < -0.39 is 46.0 Å². The third kappa shape index (κ3) is 5.77. The summed E-state index contributed by atoms with van der Waals surface area (Å²) in [5, 5.41) is 0. The van der Waals surface area contributed by atoms with Crippen molar-refractivity contribution in [1.29, 1.82) is 0 Å². The number of rotatable bonds is 10. The molecular weight excluding hydrogens is 519 g/mol. The van der Waals surface area contributed by atoms with Crippen molar-refractivity contribution in [3.05, 3.63) is 59.9 Å². The molecule has 2 heterocycles. The molecule has 3 atom stereocenters. The van der Waals surface area contributed by atoms with Crippen molar-refractivity contribution in [2.75, 3.05) is 33.5 Å². The number of ether oxygens (including phenoxy) is 4. The summed E-state index contributed by atoms with van der Waals surface area (Å²) in [6.07, 6.45) is 0.221. The summed E-state index contributed by atoms with van der Waals surface area (Å²) in [5.74, 6) is -1.73. The van der Waals surface area contributed by atoms with Gasteiger partial charge >= 0.3 is 12.1 Å². The van der Waals surface area contributed by atoms with Crippen LogP contribution in [0.4, 0.5) is 9.18 Å². The van der Waals surface area contributed by atoms with E-state index in [9.17, 15) is 22.4 Å². The average Bonchev–Trinajstić information content (AvgIpc) is 3.21. The molecule has 0 N–H and O–H groups in total. The minimum atomic E-state index is -4.34. The molecule has 0 spiro atoms. The van der Waals surface area contributed by atoms with E-state index in [1.54, 1.807) is 6.92 Å². The second-order valence-corrected chi connectivity index (χ2v) is 10.8. The number of carbonyl (C=O) groups excluding carboxylic acids is 2. The summed E-state index contributed by atoms with van der Waals surface area (Å²) < 4.78 is 64.3. The second-order valence-electron chi connectivity index (χ2n) is 8.95. The smallest absolute Gasteiger partial charge is 0.410 e. The van der Waals surface area contributed by atoms with Crippen LogP contribution in [-0.4, -0.2) is 81.3 Å². The van der Waals surface area contributed by atoms with E-state index in [0.29, 0.717) is 12.8 Å². The number of amides is 1. The van der Waals surface area contributed by atoms with Gasteiger partial charge in [-0.25, -0.2) is 17.6 Å². The Balaban J connectivity index is 1.58. The van der Waals surface area contributed by atoms with Crippen molar-refractivity contribution in [3.8, 4) is 5.75 Å². The zero-order valence-electron chi connectivity index (χ0n) is 21.2. The van der Waals surface area contributed by atoms with Gasteiger partial charge < -0.3 is 18.9 Å². The van der Waals surface area contributed by atoms with Gasteiger partial charge in [-0.05, 0) is 43.5 Å². The molecule has 0 radical (unpaired) electrons. The van der Waals surface area contributed by atoms with E-state index in [-0.39, 0.29) is 43.6 Å². The van der Waals surface area contributed by atoms with Crippen molar-refractivity contribution in [2.45, 2.75) is 49.4 Å². The fraction of sp³-hybridized carbons (Fsp3) is 0.462. The molecule has 2 aromatic rings. The van der Waals surface area contributed by atoms with Crippen LogP contribution in [0.3, 0.4) is 0 Å². The second kappa shape index (κ2) is 12.1. The third-order valence-electron chi connectivity index (χ3n) is 6.61. The number of hydrogen-bond acceptors (Lipinski definition) is 8. The molecule has 0 aliphatic carbocycles. The van der Waals surface area contributed by atoms with Crippen molar-refractivity contribution >= 4 is 22.1 Å². The highest BCUT2D eigenvalue weighted by Crippen LogP contribution is 2.38. The Morgan fingerprint density at radius 2 is 1.82 bits per heavy atom. The molecule has 206 valence electrons. The molecule has 2 bridgehead atoms. The maximum atomic E-state index is 14.9. The van der Waals surface area contributed by atoms with E-state index >= 15 is 0 Å². The fourth-order valence-corrected chi connectivity index (χ4v) is 6.52. The van der Waals surface area contributed by atoms with Gasteiger partial charge in [-0.2, -0.15) is 4.31 Å². The molecule has 2 aliphatic rings. The maximum Gasteiger partial charge on any atom is 0.410 e. The summed E-state index contributed by atoms with van der Waals surface area (Å²) >= 11 is 0. The fourth-order valence-electron chi connectivity index (χ4n) is 4.87. The molecule has 2 fully saturated rings. The minimum absolute atomic E-state index is 0.0231. The molecule has 38 heavy (non-hydrogen) atoms. The van der Waals surface area contributed by atoms with Gasteiger partial charge in [-0.1, -0.05) is 30.3 Å². The zero-order valence-corrected chi connectivity index (χ0v) is 22.1. The van der Waals surface area contributed by atoms with Crippen LogP contribution in [-0.2, 0) is 35.6 Å². The molecule has 0 saturated carbocycles. The van der Waals surface area contributed by atoms with Crippen LogP contribution >= 0.6 is 0 Å². The number of esters is 1. The van der Waals surface area contributed by atoms with E-state index in [4.69, 9.17) is 18.9 Å². The van der Waals surface area contributed by atoms with Gasteiger partial charge in [-0.15, -0.1) is 0 Å². The SMILES string of the molecule is CCOC(=O)[C@@H]1C2CC[C@H](CN1S(=O)(=O)c1ccc(OCc3ccccc3)c(F)c1)N2C(=O)OCCOC. The lowest BCUT2D eigenvalue weighted by Crippen LogP contribution is -2.65. The Bertz CT molecular complexity index is 1240. The summed E-state index contributed by atoms with van der Waals surface area (Å²) in [7, 11) is -2.86. The molecule has 2 aromatic carbocycles. The van der Waals surface area contributed by atoms with Crippen LogP contribution in [0, 0.1) is 5.82 Å².